The minimum atomic E-state index is -0.856. The van der Waals surface area contributed by atoms with Crippen molar-refractivity contribution >= 4 is 23.5 Å². The van der Waals surface area contributed by atoms with Crippen LogP contribution in [0.3, 0.4) is 0 Å². The summed E-state index contributed by atoms with van der Waals surface area (Å²) < 4.78 is 0. The van der Waals surface area contributed by atoms with E-state index in [9.17, 15) is 24.5 Å². The minimum Gasteiger partial charge on any atom is -0.481 e. The Morgan fingerprint density at radius 1 is 1.22 bits per heavy atom. The summed E-state index contributed by atoms with van der Waals surface area (Å²) in [5.74, 6) is -2.03. The summed E-state index contributed by atoms with van der Waals surface area (Å²) in [5.41, 5.74) is 1.12. The molecule has 0 unspecified atom stereocenters. The number of aryl methyl sites for hydroxylation is 2. The van der Waals surface area contributed by atoms with E-state index < -0.39 is 22.7 Å². The third-order valence-corrected chi connectivity index (χ3v) is 4.89. The average Bonchev–Trinajstić information content (AvgIpc) is 2.60. The van der Waals surface area contributed by atoms with E-state index in [1.165, 1.54) is 18.0 Å². The molecule has 27 heavy (non-hydrogen) atoms. The molecule has 1 aliphatic rings. The van der Waals surface area contributed by atoms with Crippen molar-refractivity contribution in [3.05, 3.63) is 38.9 Å². The van der Waals surface area contributed by atoms with Gasteiger partial charge in [0.05, 0.1) is 17.4 Å². The first-order valence-electron chi connectivity index (χ1n) is 8.63. The monoisotopic (exact) mass is 377 g/mol. The van der Waals surface area contributed by atoms with Gasteiger partial charge in [0.1, 0.15) is 0 Å². The number of likely N-dealkylation sites (tertiary alicyclic amines) is 1. The summed E-state index contributed by atoms with van der Waals surface area (Å²) in [4.78, 5) is 49.4. The fourth-order valence-corrected chi connectivity index (χ4v) is 3.22. The fraction of sp³-hybridized carbons (Fsp3) is 0.500. The van der Waals surface area contributed by atoms with Gasteiger partial charge in [0.25, 0.3) is 11.6 Å². The number of nitrogens with zero attached hydrogens (tertiary/aromatic N) is 3. The molecule has 1 aromatic rings. The fourth-order valence-electron chi connectivity index (χ4n) is 3.22. The number of rotatable bonds is 5. The zero-order valence-electron chi connectivity index (χ0n) is 15.6. The maximum absolute atomic E-state index is 12.7. The molecule has 0 radical (unpaired) electrons. The predicted octanol–water partition coefficient (Wildman–Crippen LogP) is 1.61. The number of aliphatic carboxylic acids is 1. The molecule has 0 atom stereocenters. The van der Waals surface area contributed by atoms with Crippen molar-refractivity contribution in [1.29, 1.82) is 0 Å². The van der Waals surface area contributed by atoms with E-state index >= 15 is 0 Å². The van der Waals surface area contributed by atoms with Crippen molar-refractivity contribution in [3.63, 3.8) is 0 Å². The van der Waals surface area contributed by atoms with Crippen molar-refractivity contribution < 1.29 is 24.4 Å². The normalized spacial score (nSPS) is 14.7. The van der Waals surface area contributed by atoms with Crippen LogP contribution in [-0.4, -0.2) is 64.3 Å². The van der Waals surface area contributed by atoms with Crippen molar-refractivity contribution in [2.24, 2.45) is 5.92 Å². The molecule has 1 aliphatic heterocycles. The van der Waals surface area contributed by atoms with E-state index in [0.717, 1.165) is 0 Å². The molecule has 2 rings (SSSR count). The van der Waals surface area contributed by atoms with Crippen molar-refractivity contribution in [1.82, 2.24) is 9.80 Å². The van der Waals surface area contributed by atoms with Crippen LogP contribution in [0.25, 0.3) is 0 Å². The molecule has 0 aliphatic carbocycles. The SMILES string of the molecule is Cc1cc(C)c([N+](=O)[O-])cc1C(=O)N(C)CC(=O)N1CCC(C(=O)O)CC1. The van der Waals surface area contributed by atoms with E-state index in [0.29, 0.717) is 37.1 Å². The molecule has 146 valence electrons. The van der Waals surface area contributed by atoms with Crippen LogP contribution < -0.4 is 0 Å². The molecule has 1 aromatic carbocycles. The first-order valence-corrected chi connectivity index (χ1v) is 8.63. The van der Waals surface area contributed by atoms with Gasteiger partial charge in [-0.25, -0.2) is 0 Å². The van der Waals surface area contributed by atoms with Crippen molar-refractivity contribution in [2.75, 3.05) is 26.7 Å². The molecule has 9 nitrogen and oxygen atoms in total. The standard InChI is InChI=1S/C18H23N3O6/c1-11-8-12(2)15(21(26)27)9-14(11)17(23)19(3)10-16(22)20-6-4-13(5-7-20)18(24)25/h8-9,13H,4-7,10H2,1-3H3,(H,24,25). The summed E-state index contributed by atoms with van der Waals surface area (Å²) in [7, 11) is 1.47. The smallest absolute Gasteiger partial charge is 0.306 e. The summed E-state index contributed by atoms with van der Waals surface area (Å²) in [6, 6.07) is 2.82. The number of carbonyl (C=O) groups excluding carboxylic acids is 2. The van der Waals surface area contributed by atoms with Gasteiger partial charge >= 0.3 is 5.97 Å². The lowest BCUT2D eigenvalue weighted by atomic mass is 9.97. The number of carbonyl (C=O) groups is 3. The molecule has 1 fully saturated rings. The third kappa shape index (κ3) is 4.60. The highest BCUT2D eigenvalue weighted by Crippen LogP contribution is 2.24. The lowest BCUT2D eigenvalue weighted by Gasteiger charge is -2.31. The van der Waals surface area contributed by atoms with Crippen LogP contribution in [-0.2, 0) is 9.59 Å². The van der Waals surface area contributed by atoms with Gasteiger partial charge in [0.15, 0.2) is 0 Å². The lowest BCUT2D eigenvalue weighted by Crippen LogP contribution is -2.45. The van der Waals surface area contributed by atoms with E-state index in [1.807, 2.05) is 0 Å². The number of piperidine rings is 1. The summed E-state index contributed by atoms with van der Waals surface area (Å²) in [6.45, 7) is 3.81. The Labute approximate surface area is 156 Å². The molecule has 1 N–H and O–H groups in total. The van der Waals surface area contributed by atoms with Crippen LogP contribution in [0, 0.1) is 29.9 Å². The van der Waals surface area contributed by atoms with Gasteiger partial charge in [-0.3, -0.25) is 24.5 Å². The minimum absolute atomic E-state index is 0.139. The Bertz CT molecular complexity index is 784. The summed E-state index contributed by atoms with van der Waals surface area (Å²) >= 11 is 0. The zero-order valence-corrected chi connectivity index (χ0v) is 15.6. The number of carboxylic acids is 1. The van der Waals surface area contributed by atoms with Crippen LogP contribution in [0.2, 0.25) is 0 Å². The Morgan fingerprint density at radius 3 is 2.33 bits per heavy atom. The molecule has 0 spiro atoms. The van der Waals surface area contributed by atoms with Crippen LogP contribution in [0.15, 0.2) is 12.1 Å². The largest absolute Gasteiger partial charge is 0.481 e. The highest BCUT2D eigenvalue weighted by atomic mass is 16.6. The Hall–Kier alpha value is -2.97. The molecular weight excluding hydrogens is 354 g/mol. The number of likely N-dealkylation sites (N-methyl/N-ethyl adjacent to an activating group) is 1. The Balaban J connectivity index is 2.06. The number of benzene rings is 1. The molecule has 0 bridgehead atoms. The predicted molar refractivity (Wildman–Crippen MR) is 96.5 cm³/mol. The molecule has 2 amide bonds. The number of nitro benzene ring substituents is 1. The maximum Gasteiger partial charge on any atom is 0.306 e. The molecule has 0 saturated carbocycles. The molecule has 0 aromatic heterocycles. The van der Waals surface area contributed by atoms with Crippen LogP contribution in [0.1, 0.15) is 34.3 Å². The first-order chi connectivity index (χ1) is 12.6. The van der Waals surface area contributed by atoms with Crippen molar-refractivity contribution in [3.8, 4) is 0 Å². The molecular formula is C18H23N3O6. The van der Waals surface area contributed by atoms with Gasteiger partial charge in [0.2, 0.25) is 5.91 Å². The van der Waals surface area contributed by atoms with E-state index in [4.69, 9.17) is 5.11 Å². The number of carboxylic acid groups (broad SMARTS) is 1. The lowest BCUT2D eigenvalue weighted by molar-refractivity contribution is -0.385. The van der Waals surface area contributed by atoms with Gasteiger partial charge in [0, 0.05) is 37.3 Å². The zero-order chi connectivity index (χ0) is 20.3. The second kappa shape index (κ2) is 8.15. The molecule has 1 heterocycles. The van der Waals surface area contributed by atoms with Crippen LogP contribution in [0.5, 0.6) is 0 Å². The number of hydrogen-bond donors (Lipinski definition) is 1. The number of amides is 2. The quantitative estimate of drug-likeness (QED) is 0.615. The average molecular weight is 377 g/mol. The van der Waals surface area contributed by atoms with Crippen molar-refractivity contribution in [2.45, 2.75) is 26.7 Å². The first kappa shape index (κ1) is 20.3. The van der Waals surface area contributed by atoms with Gasteiger partial charge < -0.3 is 14.9 Å². The van der Waals surface area contributed by atoms with Gasteiger partial charge in [-0.1, -0.05) is 0 Å². The van der Waals surface area contributed by atoms with Gasteiger partial charge in [-0.2, -0.15) is 0 Å². The third-order valence-electron chi connectivity index (χ3n) is 4.89. The van der Waals surface area contributed by atoms with E-state index in [1.54, 1.807) is 24.8 Å². The number of hydrogen-bond acceptors (Lipinski definition) is 5. The van der Waals surface area contributed by atoms with E-state index in [2.05, 4.69) is 0 Å². The Morgan fingerprint density at radius 2 is 1.81 bits per heavy atom. The van der Waals surface area contributed by atoms with Gasteiger partial charge in [-0.05, 0) is 38.3 Å². The Kier molecular flexibility index (Phi) is 6.14. The second-order valence-electron chi connectivity index (χ2n) is 6.87. The topological polar surface area (TPSA) is 121 Å². The van der Waals surface area contributed by atoms with Crippen LogP contribution >= 0.6 is 0 Å². The highest BCUT2D eigenvalue weighted by molar-refractivity contribution is 5.98. The van der Waals surface area contributed by atoms with E-state index in [-0.39, 0.29) is 23.7 Å². The molecule has 9 heteroatoms. The summed E-state index contributed by atoms with van der Waals surface area (Å²) in [6.07, 6.45) is 0.782. The maximum atomic E-state index is 12.7. The van der Waals surface area contributed by atoms with Gasteiger partial charge in [-0.15, -0.1) is 0 Å². The van der Waals surface area contributed by atoms with Crippen LogP contribution in [0.4, 0.5) is 5.69 Å². The molecule has 1 saturated heterocycles. The highest BCUT2D eigenvalue weighted by Gasteiger charge is 2.28. The second-order valence-corrected chi connectivity index (χ2v) is 6.87. The number of nitro groups is 1. The summed E-state index contributed by atoms with van der Waals surface area (Å²) in [5, 5.41) is 20.1.